The number of anilines is 2. The summed E-state index contributed by atoms with van der Waals surface area (Å²) in [5, 5.41) is 0. The van der Waals surface area contributed by atoms with E-state index in [0.717, 1.165) is 6.07 Å². The van der Waals surface area contributed by atoms with Crippen molar-refractivity contribution in [3.05, 3.63) is 23.8 Å². The van der Waals surface area contributed by atoms with Crippen LogP contribution in [0.25, 0.3) is 0 Å². The molecule has 0 amide bonds. The van der Waals surface area contributed by atoms with Crippen LogP contribution in [0.5, 0.6) is 0 Å². The Morgan fingerprint density at radius 3 is 2.40 bits per heavy atom. The second-order valence-corrected chi connectivity index (χ2v) is 4.82. The summed E-state index contributed by atoms with van der Waals surface area (Å²) < 4.78 is 26.5. The van der Waals surface area contributed by atoms with E-state index in [1.807, 2.05) is 0 Å². The molecule has 0 saturated carbocycles. The predicted octanol–water partition coefficient (Wildman–Crippen LogP) is 2.39. The highest BCUT2D eigenvalue weighted by Crippen LogP contribution is 2.38. The number of nitrogens with two attached hydrogens (primary N) is 1. The predicted molar refractivity (Wildman–Crippen MR) is 56.8 cm³/mol. The molecule has 0 spiro atoms. The van der Waals surface area contributed by atoms with Gasteiger partial charge in [-0.25, -0.2) is 8.78 Å². The minimum Gasteiger partial charge on any atom is -0.397 e. The second kappa shape index (κ2) is 3.08. The first-order valence-corrected chi connectivity index (χ1v) is 4.89. The van der Waals surface area contributed by atoms with Crippen LogP contribution < -0.4 is 10.6 Å². The van der Waals surface area contributed by atoms with Gasteiger partial charge in [0.05, 0.1) is 11.4 Å². The molecule has 82 valence electrons. The van der Waals surface area contributed by atoms with Crippen molar-refractivity contribution in [2.75, 3.05) is 23.7 Å². The van der Waals surface area contributed by atoms with E-state index in [1.54, 1.807) is 4.90 Å². The molecule has 0 aliphatic carbocycles. The van der Waals surface area contributed by atoms with Gasteiger partial charge < -0.3 is 10.6 Å². The zero-order valence-corrected chi connectivity index (χ0v) is 8.85. The Kier molecular flexibility index (Phi) is 2.10. The van der Waals surface area contributed by atoms with Gasteiger partial charge in [-0.2, -0.15) is 0 Å². The molecular formula is C11H14F2N2. The molecule has 0 bridgehead atoms. The van der Waals surface area contributed by atoms with Crippen LogP contribution in [0.2, 0.25) is 0 Å². The molecule has 0 radical (unpaired) electrons. The Morgan fingerprint density at radius 1 is 1.27 bits per heavy atom. The monoisotopic (exact) mass is 212 g/mol. The molecule has 1 aliphatic rings. The Labute approximate surface area is 87.7 Å². The van der Waals surface area contributed by atoms with E-state index in [0.29, 0.717) is 18.8 Å². The van der Waals surface area contributed by atoms with Gasteiger partial charge in [0.2, 0.25) is 0 Å². The fourth-order valence-corrected chi connectivity index (χ4v) is 2.02. The summed E-state index contributed by atoms with van der Waals surface area (Å²) in [6.07, 6.45) is 0. The molecular weight excluding hydrogens is 198 g/mol. The minimum absolute atomic E-state index is 0.158. The van der Waals surface area contributed by atoms with Crippen LogP contribution >= 0.6 is 0 Å². The van der Waals surface area contributed by atoms with E-state index in [1.165, 1.54) is 6.07 Å². The molecule has 1 heterocycles. The highest BCUT2D eigenvalue weighted by molar-refractivity contribution is 5.69. The summed E-state index contributed by atoms with van der Waals surface area (Å²) in [6, 6.07) is 2.46. The highest BCUT2D eigenvalue weighted by atomic mass is 19.2. The molecule has 2 N–H and O–H groups in total. The van der Waals surface area contributed by atoms with E-state index in [9.17, 15) is 8.78 Å². The third-order valence-electron chi connectivity index (χ3n) is 2.65. The maximum Gasteiger partial charge on any atom is 0.184 e. The van der Waals surface area contributed by atoms with Gasteiger partial charge in [0, 0.05) is 13.1 Å². The number of halogens is 2. The number of hydrogen-bond donors (Lipinski definition) is 1. The lowest BCUT2D eigenvalue weighted by atomic mass is 9.84. The first-order chi connectivity index (χ1) is 6.91. The molecule has 1 aliphatic heterocycles. The van der Waals surface area contributed by atoms with Crippen LogP contribution in [0, 0.1) is 17.0 Å². The third-order valence-corrected chi connectivity index (χ3v) is 2.65. The van der Waals surface area contributed by atoms with Crippen molar-refractivity contribution < 1.29 is 8.78 Å². The first kappa shape index (κ1) is 10.2. The summed E-state index contributed by atoms with van der Waals surface area (Å²) in [6.45, 7) is 5.57. The van der Waals surface area contributed by atoms with E-state index >= 15 is 0 Å². The summed E-state index contributed by atoms with van der Waals surface area (Å²) in [7, 11) is 0. The molecule has 2 nitrogen and oxygen atoms in total. The van der Waals surface area contributed by atoms with Crippen LogP contribution in [0.15, 0.2) is 12.1 Å². The lowest BCUT2D eigenvalue weighted by molar-refractivity contribution is 0.273. The van der Waals surface area contributed by atoms with Crippen molar-refractivity contribution in [3.63, 3.8) is 0 Å². The lowest BCUT2D eigenvalue weighted by Gasteiger charge is -2.47. The van der Waals surface area contributed by atoms with Gasteiger partial charge in [-0.05, 0) is 17.5 Å². The zero-order chi connectivity index (χ0) is 11.2. The Morgan fingerprint density at radius 2 is 1.87 bits per heavy atom. The van der Waals surface area contributed by atoms with Crippen molar-refractivity contribution in [1.29, 1.82) is 0 Å². The van der Waals surface area contributed by atoms with E-state index in [-0.39, 0.29) is 11.1 Å². The third kappa shape index (κ3) is 1.64. The van der Waals surface area contributed by atoms with Crippen molar-refractivity contribution in [2.24, 2.45) is 5.41 Å². The molecule has 1 aromatic rings. The highest BCUT2D eigenvalue weighted by Gasteiger charge is 2.36. The average molecular weight is 212 g/mol. The molecule has 0 unspecified atom stereocenters. The SMILES string of the molecule is CC1(C)CN(c2c(N)ccc(F)c2F)C1. The normalized spacial score (nSPS) is 18.8. The van der Waals surface area contributed by atoms with Gasteiger partial charge in [-0.3, -0.25) is 0 Å². The van der Waals surface area contributed by atoms with Crippen molar-refractivity contribution in [2.45, 2.75) is 13.8 Å². The summed E-state index contributed by atoms with van der Waals surface area (Å²) in [5.74, 6) is -1.69. The van der Waals surface area contributed by atoms with Crippen molar-refractivity contribution in [1.82, 2.24) is 0 Å². The standard InChI is InChI=1S/C11H14F2N2/c1-11(2)5-15(6-11)10-8(14)4-3-7(12)9(10)13/h3-4H,5-6,14H2,1-2H3. The molecule has 0 atom stereocenters. The van der Waals surface area contributed by atoms with Gasteiger partial charge in [0.15, 0.2) is 11.6 Å². The molecule has 1 saturated heterocycles. The van der Waals surface area contributed by atoms with Crippen molar-refractivity contribution >= 4 is 11.4 Å². The summed E-state index contributed by atoms with van der Waals surface area (Å²) in [4.78, 5) is 1.77. The molecule has 0 aromatic heterocycles. The largest absolute Gasteiger partial charge is 0.397 e. The topological polar surface area (TPSA) is 29.3 Å². The smallest absolute Gasteiger partial charge is 0.184 e. The second-order valence-electron chi connectivity index (χ2n) is 4.82. The summed E-state index contributed by atoms with van der Waals surface area (Å²) in [5.41, 5.74) is 6.30. The van der Waals surface area contributed by atoms with Gasteiger partial charge >= 0.3 is 0 Å². The van der Waals surface area contributed by atoms with Crippen LogP contribution in [-0.4, -0.2) is 13.1 Å². The van der Waals surface area contributed by atoms with Crippen molar-refractivity contribution in [3.8, 4) is 0 Å². The van der Waals surface area contributed by atoms with Crippen LogP contribution in [0.3, 0.4) is 0 Å². The maximum absolute atomic E-state index is 13.5. The molecule has 2 rings (SSSR count). The van der Waals surface area contributed by atoms with Crippen LogP contribution in [-0.2, 0) is 0 Å². The van der Waals surface area contributed by atoms with Crippen LogP contribution in [0.1, 0.15) is 13.8 Å². The van der Waals surface area contributed by atoms with E-state index in [4.69, 9.17) is 5.73 Å². The quantitative estimate of drug-likeness (QED) is 0.724. The zero-order valence-electron chi connectivity index (χ0n) is 8.85. The maximum atomic E-state index is 13.5. The average Bonchev–Trinajstić information content (AvgIpc) is 2.09. The molecule has 15 heavy (non-hydrogen) atoms. The molecule has 1 fully saturated rings. The van der Waals surface area contributed by atoms with Gasteiger partial charge in [-0.1, -0.05) is 13.8 Å². The van der Waals surface area contributed by atoms with Gasteiger partial charge in [0.25, 0.3) is 0 Å². The fraction of sp³-hybridized carbons (Fsp3) is 0.455. The van der Waals surface area contributed by atoms with Gasteiger partial charge in [0.1, 0.15) is 0 Å². The fourth-order valence-electron chi connectivity index (χ4n) is 2.02. The molecule has 4 heteroatoms. The Hall–Kier alpha value is -1.32. The number of rotatable bonds is 1. The van der Waals surface area contributed by atoms with Crippen LogP contribution in [0.4, 0.5) is 20.2 Å². The minimum atomic E-state index is -0.844. The van der Waals surface area contributed by atoms with Gasteiger partial charge in [-0.15, -0.1) is 0 Å². The van der Waals surface area contributed by atoms with E-state index in [2.05, 4.69) is 13.8 Å². The first-order valence-electron chi connectivity index (χ1n) is 4.89. The number of nitrogens with zero attached hydrogens (tertiary/aromatic N) is 1. The number of benzene rings is 1. The Bertz CT molecular complexity index is 394. The van der Waals surface area contributed by atoms with E-state index < -0.39 is 11.6 Å². The number of hydrogen-bond acceptors (Lipinski definition) is 2. The Balaban J connectivity index is 2.33. The lowest BCUT2D eigenvalue weighted by Crippen LogP contribution is -2.53. The number of nitrogen functional groups attached to an aromatic ring is 1. The molecule has 1 aromatic carbocycles. The summed E-state index contributed by atoms with van der Waals surface area (Å²) >= 11 is 0.